The van der Waals surface area contributed by atoms with E-state index in [0.29, 0.717) is 5.56 Å². The summed E-state index contributed by atoms with van der Waals surface area (Å²) in [6.07, 6.45) is 0. The zero-order valence-electron chi connectivity index (χ0n) is 5.79. The van der Waals surface area contributed by atoms with Crippen LogP contribution in [0, 0.1) is 13.8 Å². The van der Waals surface area contributed by atoms with Gasteiger partial charge in [0.2, 0.25) is 0 Å². The first-order valence-corrected chi connectivity index (χ1v) is 3.06. The minimum absolute atomic E-state index is 0.375. The quantitative estimate of drug-likeness (QED) is 0.533. The molecule has 0 atom stereocenters. The van der Waals surface area contributed by atoms with Crippen LogP contribution in [0.3, 0.4) is 0 Å². The lowest BCUT2D eigenvalue weighted by Gasteiger charge is -1.93. The van der Waals surface area contributed by atoms with Gasteiger partial charge in [-0.15, -0.1) is 0 Å². The van der Waals surface area contributed by atoms with Gasteiger partial charge in [0.1, 0.15) is 0 Å². The molecule has 0 heterocycles. The summed E-state index contributed by atoms with van der Waals surface area (Å²) in [5.74, 6) is -0.375. The summed E-state index contributed by atoms with van der Waals surface area (Å²) in [6.45, 7) is 6.99. The molecule has 0 fully saturated rings. The molecular formula is C9H8O. The minimum Gasteiger partial charge on any atom is -0.294 e. The summed E-state index contributed by atoms with van der Waals surface area (Å²) in [5, 5.41) is 0. The van der Waals surface area contributed by atoms with Crippen LogP contribution in [-0.4, -0.2) is 5.78 Å². The van der Waals surface area contributed by atoms with E-state index in [1.54, 1.807) is 12.1 Å². The van der Waals surface area contributed by atoms with E-state index in [-0.39, 0.29) is 5.78 Å². The molecule has 1 aromatic carbocycles. The number of carbonyl (C=O) groups is 1. The lowest BCUT2D eigenvalue weighted by atomic mass is 10.1. The van der Waals surface area contributed by atoms with Gasteiger partial charge in [0, 0.05) is 12.5 Å². The molecule has 0 saturated heterocycles. The summed E-state index contributed by atoms with van der Waals surface area (Å²) in [7, 11) is 0. The molecule has 0 aliphatic carbocycles. The molecule has 0 aliphatic rings. The van der Waals surface area contributed by atoms with E-state index in [0.717, 1.165) is 5.56 Å². The monoisotopic (exact) mass is 132 g/mol. The Morgan fingerprint density at radius 1 is 1.30 bits per heavy atom. The Kier molecular flexibility index (Phi) is 1.86. The molecule has 0 aliphatic heterocycles. The van der Waals surface area contributed by atoms with E-state index >= 15 is 0 Å². The third kappa shape index (κ3) is 1.44. The van der Waals surface area contributed by atoms with Crippen LogP contribution in [0.1, 0.15) is 15.9 Å². The molecule has 0 bridgehead atoms. The highest BCUT2D eigenvalue weighted by atomic mass is 16.1. The molecule has 0 aromatic heterocycles. The Morgan fingerprint density at radius 3 is 2.20 bits per heavy atom. The molecule has 50 valence electrons. The molecule has 10 heavy (non-hydrogen) atoms. The Balaban J connectivity index is 3.00. The van der Waals surface area contributed by atoms with Gasteiger partial charge in [0.15, 0.2) is 5.78 Å². The maximum absolute atomic E-state index is 10.5. The molecular weight excluding hydrogens is 124 g/mol. The van der Waals surface area contributed by atoms with E-state index < -0.39 is 0 Å². The van der Waals surface area contributed by atoms with E-state index in [9.17, 15) is 4.79 Å². The van der Waals surface area contributed by atoms with Crippen molar-refractivity contribution in [3.63, 3.8) is 0 Å². The fourth-order valence-corrected chi connectivity index (χ4v) is 0.718. The number of hydrogen-bond donors (Lipinski definition) is 0. The van der Waals surface area contributed by atoms with Crippen LogP contribution in [0.4, 0.5) is 0 Å². The van der Waals surface area contributed by atoms with Crippen molar-refractivity contribution in [3.8, 4) is 0 Å². The maximum atomic E-state index is 10.5. The number of benzene rings is 1. The van der Waals surface area contributed by atoms with Crippen LogP contribution >= 0.6 is 0 Å². The smallest absolute Gasteiger partial charge is 0.167 e. The predicted octanol–water partition coefficient (Wildman–Crippen LogP) is 1.89. The Morgan fingerprint density at radius 2 is 1.80 bits per heavy atom. The van der Waals surface area contributed by atoms with Crippen LogP contribution in [0.2, 0.25) is 0 Å². The second-order valence-corrected chi connectivity index (χ2v) is 2.23. The normalized spacial score (nSPS) is 9.40. The van der Waals surface area contributed by atoms with Crippen LogP contribution in [-0.2, 0) is 0 Å². The van der Waals surface area contributed by atoms with Crippen molar-refractivity contribution in [3.05, 3.63) is 42.3 Å². The first-order valence-electron chi connectivity index (χ1n) is 3.06. The lowest BCUT2D eigenvalue weighted by molar-refractivity contribution is 0.104. The van der Waals surface area contributed by atoms with E-state index in [4.69, 9.17) is 6.92 Å². The number of carbonyl (C=O) groups excluding carboxylic acids is 1. The van der Waals surface area contributed by atoms with Crippen molar-refractivity contribution in [2.45, 2.75) is 6.92 Å². The molecule has 0 spiro atoms. The average Bonchev–Trinajstić information content (AvgIpc) is 1.88. The van der Waals surface area contributed by atoms with E-state index in [2.05, 4.69) is 0 Å². The summed E-state index contributed by atoms with van der Waals surface area (Å²) < 4.78 is 0. The highest BCUT2D eigenvalue weighted by Crippen LogP contribution is 2.02. The molecule has 1 nitrogen and oxygen atoms in total. The highest BCUT2D eigenvalue weighted by Gasteiger charge is 1.95. The summed E-state index contributed by atoms with van der Waals surface area (Å²) in [6, 6.07) is 7.16. The van der Waals surface area contributed by atoms with Crippen molar-refractivity contribution >= 4 is 5.78 Å². The second kappa shape index (κ2) is 2.65. The van der Waals surface area contributed by atoms with Gasteiger partial charge in [-0.2, -0.15) is 0 Å². The molecule has 0 N–H and O–H groups in total. The van der Waals surface area contributed by atoms with Crippen LogP contribution < -0.4 is 0 Å². The molecule has 1 rings (SSSR count). The largest absolute Gasteiger partial charge is 0.294 e. The number of ketones is 1. The Hall–Kier alpha value is -1.11. The molecule has 2 radical (unpaired) electrons. The van der Waals surface area contributed by atoms with Gasteiger partial charge in [-0.25, -0.2) is 0 Å². The number of hydrogen-bond acceptors (Lipinski definition) is 1. The fraction of sp³-hybridized carbons (Fsp3) is 0.111. The third-order valence-corrected chi connectivity index (χ3v) is 1.34. The van der Waals surface area contributed by atoms with Gasteiger partial charge >= 0.3 is 0 Å². The van der Waals surface area contributed by atoms with Crippen molar-refractivity contribution in [2.75, 3.05) is 0 Å². The molecule has 1 heteroatoms. The van der Waals surface area contributed by atoms with Crippen LogP contribution in [0.15, 0.2) is 24.3 Å². The summed E-state index contributed by atoms with van der Waals surface area (Å²) in [4.78, 5) is 10.5. The van der Waals surface area contributed by atoms with Gasteiger partial charge < -0.3 is 0 Å². The van der Waals surface area contributed by atoms with Crippen LogP contribution in [0.5, 0.6) is 0 Å². The van der Waals surface area contributed by atoms with Gasteiger partial charge in [-0.05, 0) is 6.92 Å². The van der Waals surface area contributed by atoms with Gasteiger partial charge in [0.05, 0.1) is 0 Å². The van der Waals surface area contributed by atoms with Crippen molar-refractivity contribution in [1.82, 2.24) is 0 Å². The van der Waals surface area contributed by atoms with E-state index in [1.165, 1.54) is 0 Å². The first-order chi connectivity index (χ1) is 4.70. The highest BCUT2D eigenvalue weighted by molar-refractivity contribution is 5.99. The van der Waals surface area contributed by atoms with E-state index in [1.807, 2.05) is 19.1 Å². The molecule has 0 unspecified atom stereocenters. The zero-order chi connectivity index (χ0) is 7.56. The number of Topliss-reactive ketones (excluding diaryl/α,β-unsaturated/α-hetero) is 1. The summed E-state index contributed by atoms with van der Waals surface area (Å²) in [5.41, 5.74) is 1.69. The number of rotatable bonds is 1. The number of aryl methyl sites for hydroxylation is 1. The maximum Gasteiger partial charge on any atom is 0.167 e. The fourth-order valence-electron chi connectivity index (χ4n) is 0.718. The van der Waals surface area contributed by atoms with Crippen LogP contribution in [0.25, 0.3) is 0 Å². The SMILES string of the molecule is [CH]C(=O)c1ccc(C)cc1. The Labute approximate surface area is 60.7 Å². The lowest BCUT2D eigenvalue weighted by Crippen LogP contribution is -1.90. The third-order valence-electron chi connectivity index (χ3n) is 1.34. The average molecular weight is 132 g/mol. The van der Waals surface area contributed by atoms with Crippen molar-refractivity contribution < 1.29 is 4.79 Å². The molecule has 0 amide bonds. The minimum atomic E-state index is -0.375. The molecule has 0 saturated carbocycles. The second-order valence-electron chi connectivity index (χ2n) is 2.23. The first kappa shape index (κ1) is 7.00. The van der Waals surface area contributed by atoms with Crippen molar-refractivity contribution in [2.24, 2.45) is 0 Å². The predicted molar refractivity (Wildman–Crippen MR) is 39.8 cm³/mol. The topological polar surface area (TPSA) is 17.1 Å². The summed E-state index contributed by atoms with van der Waals surface area (Å²) >= 11 is 0. The zero-order valence-corrected chi connectivity index (χ0v) is 5.79. The van der Waals surface area contributed by atoms with Gasteiger partial charge in [-0.1, -0.05) is 29.8 Å². The van der Waals surface area contributed by atoms with Gasteiger partial charge in [0.25, 0.3) is 0 Å². The van der Waals surface area contributed by atoms with Gasteiger partial charge in [-0.3, -0.25) is 4.79 Å². The van der Waals surface area contributed by atoms with Crippen molar-refractivity contribution in [1.29, 1.82) is 0 Å². The molecule has 1 aromatic rings. The standard InChI is InChI=1S/C9H8O/c1-7-3-5-9(6-4-7)8(2)10/h2-6H,1H3. The Bertz CT molecular complexity index is 233.